The number of allylic oxidation sites excluding steroid dienone is 2. The molecule has 1 fully saturated rings. The Labute approximate surface area is 133 Å². The van der Waals surface area contributed by atoms with Gasteiger partial charge in [-0.25, -0.2) is 4.39 Å². The second kappa shape index (κ2) is 8.89. The van der Waals surface area contributed by atoms with Gasteiger partial charge in [-0.05, 0) is 62.5 Å². The molecule has 0 spiro atoms. The van der Waals surface area contributed by atoms with Crippen LogP contribution >= 0.6 is 0 Å². The van der Waals surface area contributed by atoms with Crippen LogP contribution in [0.4, 0.5) is 4.39 Å². The van der Waals surface area contributed by atoms with Crippen molar-refractivity contribution in [3.05, 3.63) is 60.0 Å². The molecule has 1 aliphatic carbocycles. The molecule has 2 rings (SSSR count). The van der Waals surface area contributed by atoms with Crippen LogP contribution in [0, 0.1) is 11.7 Å². The Hall–Kier alpha value is -1.41. The molecule has 120 valence electrons. The van der Waals surface area contributed by atoms with Crippen molar-refractivity contribution < 1.29 is 9.13 Å². The molecule has 0 saturated heterocycles. The fourth-order valence-corrected chi connectivity index (χ4v) is 3.12. The van der Waals surface area contributed by atoms with Gasteiger partial charge in [0, 0.05) is 5.56 Å². The third kappa shape index (κ3) is 4.81. The van der Waals surface area contributed by atoms with Gasteiger partial charge in [-0.1, -0.05) is 30.4 Å². The molecule has 1 saturated carbocycles. The highest BCUT2D eigenvalue weighted by atomic mass is 19.1. The lowest BCUT2D eigenvalue weighted by Crippen LogP contribution is -2.12. The summed E-state index contributed by atoms with van der Waals surface area (Å²) in [6, 6.07) is 5.68. The molecule has 0 aliphatic heterocycles. The van der Waals surface area contributed by atoms with Gasteiger partial charge in [-0.2, -0.15) is 0 Å². The van der Waals surface area contributed by atoms with Gasteiger partial charge >= 0.3 is 0 Å². The Morgan fingerprint density at radius 2 is 2.05 bits per heavy atom. The molecule has 1 nitrogen and oxygen atoms in total. The van der Waals surface area contributed by atoms with E-state index in [4.69, 9.17) is 4.74 Å². The molecular formula is C20H27FO. The van der Waals surface area contributed by atoms with E-state index in [1.54, 1.807) is 6.07 Å². The number of rotatable bonds is 7. The number of hydrogen-bond donors (Lipinski definition) is 0. The highest BCUT2D eigenvalue weighted by Gasteiger charge is 2.21. The maximum Gasteiger partial charge on any atom is 0.129 e. The van der Waals surface area contributed by atoms with E-state index < -0.39 is 0 Å². The van der Waals surface area contributed by atoms with Crippen molar-refractivity contribution in [2.75, 3.05) is 6.61 Å². The number of halogens is 1. The van der Waals surface area contributed by atoms with Crippen LogP contribution in [0.15, 0.2) is 43.0 Å². The summed E-state index contributed by atoms with van der Waals surface area (Å²) < 4.78 is 19.7. The number of ether oxygens (including phenoxy) is 1. The summed E-state index contributed by atoms with van der Waals surface area (Å²) in [6.07, 6.45) is 11.6. The van der Waals surface area contributed by atoms with E-state index in [1.807, 2.05) is 19.1 Å². The minimum atomic E-state index is -0.130. The van der Waals surface area contributed by atoms with Crippen LogP contribution in [0.5, 0.6) is 0 Å². The van der Waals surface area contributed by atoms with E-state index in [-0.39, 0.29) is 5.82 Å². The Morgan fingerprint density at radius 1 is 1.27 bits per heavy atom. The van der Waals surface area contributed by atoms with Crippen LogP contribution in [0.3, 0.4) is 0 Å². The average Bonchev–Trinajstić information content (AvgIpc) is 2.56. The number of hydrogen-bond acceptors (Lipinski definition) is 1. The van der Waals surface area contributed by atoms with Crippen molar-refractivity contribution in [2.24, 2.45) is 5.92 Å². The molecule has 2 heteroatoms. The van der Waals surface area contributed by atoms with Crippen LogP contribution in [0.2, 0.25) is 0 Å². The molecular weight excluding hydrogens is 275 g/mol. The summed E-state index contributed by atoms with van der Waals surface area (Å²) in [6.45, 7) is 6.85. The molecule has 1 aromatic rings. The van der Waals surface area contributed by atoms with Crippen LogP contribution in [0.25, 0.3) is 0 Å². The Balaban J connectivity index is 1.88. The summed E-state index contributed by atoms with van der Waals surface area (Å²) in [5, 5.41) is 0. The molecule has 0 bridgehead atoms. The second-order valence-electron chi connectivity index (χ2n) is 6.11. The van der Waals surface area contributed by atoms with Gasteiger partial charge in [0.05, 0.1) is 13.2 Å². The smallest absolute Gasteiger partial charge is 0.129 e. The fraction of sp³-hybridized carbons (Fsp3) is 0.500. The zero-order valence-electron chi connectivity index (χ0n) is 13.6. The van der Waals surface area contributed by atoms with E-state index >= 15 is 0 Å². The predicted octanol–water partition coefficient (Wildman–Crippen LogP) is 5.77. The number of benzene rings is 1. The van der Waals surface area contributed by atoms with Crippen molar-refractivity contribution in [1.82, 2.24) is 0 Å². The van der Waals surface area contributed by atoms with Gasteiger partial charge in [0.15, 0.2) is 0 Å². The Kier molecular flexibility index (Phi) is 6.85. The van der Waals surface area contributed by atoms with Crippen LogP contribution in [-0.2, 0) is 11.3 Å². The van der Waals surface area contributed by atoms with Crippen molar-refractivity contribution in [2.45, 2.75) is 51.6 Å². The molecule has 0 aromatic heterocycles. The lowest BCUT2D eigenvalue weighted by molar-refractivity contribution is 0.123. The first-order valence-corrected chi connectivity index (χ1v) is 8.34. The van der Waals surface area contributed by atoms with Crippen LogP contribution in [0.1, 0.15) is 56.1 Å². The SMILES string of the molecule is C=C[C@H]1CC[C@H](c2ccc(COCCC=CC)c(F)c2)CC1. The minimum Gasteiger partial charge on any atom is -0.376 e. The monoisotopic (exact) mass is 302 g/mol. The van der Waals surface area contributed by atoms with Crippen molar-refractivity contribution in [1.29, 1.82) is 0 Å². The summed E-state index contributed by atoms with van der Waals surface area (Å²) in [7, 11) is 0. The maximum absolute atomic E-state index is 14.2. The Morgan fingerprint density at radius 3 is 2.68 bits per heavy atom. The molecule has 0 heterocycles. The van der Waals surface area contributed by atoms with Gasteiger partial charge in [0.25, 0.3) is 0 Å². The van der Waals surface area contributed by atoms with Crippen LogP contribution in [-0.4, -0.2) is 6.61 Å². The standard InChI is InChI=1S/C20H27FO/c1-3-5-6-13-22-15-19-12-11-18(14-20(19)21)17-9-7-16(4-2)8-10-17/h3-5,11-12,14,16-17H,2,6-10,13,15H2,1H3/t16-,17-. The van der Waals surface area contributed by atoms with E-state index in [1.165, 1.54) is 12.8 Å². The van der Waals surface area contributed by atoms with Crippen LogP contribution < -0.4 is 0 Å². The maximum atomic E-state index is 14.2. The second-order valence-corrected chi connectivity index (χ2v) is 6.11. The summed E-state index contributed by atoms with van der Waals surface area (Å²) >= 11 is 0. The largest absolute Gasteiger partial charge is 0.376 e. The lowest BCUT2D eigenvalue weighted by Gasteiger charge is -2.27. The molecule has 22 heavy (non-hydrogen) atoms. The first kappa shape index (κ1) is 17.0. The molecule has 0 radical (unpaired) electrons. The molecule has 0 N–H and O–H groups in total. The summed E-state index contributed by atoms with van der Waals surface area (Å²) in [5.41, 5.74) is 1.79. The average molecular weight is 302 g/mol. The zero-order chi connectivity index (χ0) is 15.8. The normalized spacial score (nSPS) is 22.1. The lowest BCUT2D eigenvalue weighted by atomic mass is 9.78. The van der Waals surface area contributed by atoms with Gasteiger partial charge < -0.3 is 4.74 Å². The molecule has 1 aliphatic rings. The highest BCUT2D eigenvalue weighted by molar-refractivity contribution is 5.27. The third-order valence-electron chi connectivity index (χ3n) is 4.58. The summed E-state index contributed by atoms with van der Waals surface area (Å²) in [5.74, 6) is 1.01. The predicted molar refractivity (Wildman–Crippen MR) is 90.4 cm³/mol. The van der Waals surface area contributed by atoms with Gasteiger partial charge in [-0.3, -0.25) is 0 Å². The summed E-state index contributed by atoms with van der Waals surface area (Å²) in [4.78, 5) is 0. The molecule has 0 atom stereocenters. The third-order valence-corrected chi connectivity index (χ3v) is 4.58. The fourth-order valence-electron chi connectivity index (χ4n) is 3.12. The van der Waals surface area contributed by atoms with Gasteiger partial charge in [0.1, 0.15) is 5.82 Å². The molecule has 1 aromatic carbocycles. The van der Waals surface area contributed by atoms with E-state index in [9.17, 15) is 4.39 Å². The quantitative estimate of drug-likeness (QED) is 0.459. The topological polar surface area (TPSA) is 9.23 Å². The molecule has 0 unspecified atom stereocenters. The van der Waals surface area contributed by atoms with Gasteiger partial charge in [0.2, 0.25) is 0 Å². The highest BCUT2D eigenvalue weighted by Crippen LogP contribution is 2.36. The van der Waals surface area contributed by atoms with E-state index in [2.05, 4.69) is 24.8 Å². The van der Waals surface area contributed by atoms with Crippen molar-refractivity contribution in [3.63, 3.8) is 0 Å². The Bertz CT molecular complexity index is 498. The van der Waals surface area contributed by atoms with E-state index in [0.29, 0.717) is 30.6 Å². The van der Waals surface area contributed by atoms with Gasteiger partial charge in [-0.15, -0.1) is 6.58 Å². The van der Waals surface area contributed by atoms with E-state index in [0.717, 1.165) is 24.8 Å². The van der Waals surface area contributed by atoms with Crippen molar-refractivity contribution in [3.8, 4) is 0 Å². The molecule has 0 amide bonds. The first-order chi connectivity index (χ1) is 10.7. The minimum absolute atomic E-state index is 0.130. The zero-order valence-corrected chi connectivity index (χ0v) is 13.6. The van der Waals surface area contributed by atoms with Crippen molar-refractivity contribution >= 4 is 0 Å². The first-order valence-electron chi connectivity index (χ1n) is 8.34.